The molecule has 2 aromatic rings. The monoisotopic (exact) mass is 355 g/mol. The first-order valence-electron chi connectivity index (χ1n) is 7.61. The molecule has 0 spiro atoms. The summed E-state index contributed by atoms with van der Waals surface area (Å²) in [5.41, 5.74) is -1.15. The zero-order valence-corrected chi connectivity index (χ0v) is 13.8. The third-order valence-corrected chi connectivity index (χ3v) is 5.08. The quantitative estimate of drug-likeness (QED) is 0.840. The lowest BCUT2D eigenvalue weighted by atomic mass is 9.68. The zero-order chi connectivity index (χ0) is 17.5. The summed E-state index contributed by atoms with van der Waals surface area (Å²) in [4.78, 5) is 16.7. The summed E-state index contributed by atoms with van der Waals surface area (Å²) in [7, 11) is 1.66. The normalized spacial score (nSPS) is 21.9. The Bertz CT molecular complexity index is 804. The van der Waals surface area contributed by atoms with Crippen molar-refractivity contribution in [2.45, 2.75) is 37.3 Å². The van der Waals surface area contributed by atoms with Gasteiger partial charge in [-0.05, 0) is 24.5 Å². The Morgan fingerprint density at radius 1 is 1.33 bits per heavy atom. The lowest BCUT2D eigenvalue weighted by molar-refractivity contribution is -0.140. The number of Topliss-reactive ketones (excluding diaryl/α,β-unsaturated/α-hetero) is 1. The van der Waals surface area contributed by atoms with Gasteiger partial charge in [0.25, 0.3) is 0 Å². The fourth-order valence-corrected chi connectivity index (χ4v) is 3.63. The maximum absolute atomic E-state index is 12.8. The Morgan fingerprint density at radius 2 is 2.08 bits per heavy atom. The fourth-order valence-electron chi connectivity index (χ4n) is 3.30. The number of halogens is 3. The Hall–Kier alpha value is -1.96. The Morgan fingerprint density at radius 3 is 2.71 bits per heavy atom. The van der Waals surface area contributed by atoms with Gasteiger partial charge in [0.05, 0.1) is 4.99 Å². The number of aromatic nitrogens is 2. The highest BCUT2D eigenvalue weighted by molar-refractivity contribution is 7.80. The van der Waals surface area contributed by atoms with Crippen LogP contribution < -0.4 is 5.32 Å². The standard InChI is InChI=1S/C16H16F3N3OS/c1-20-14(24)15(7-3-2-4-12(15)23)10-5-6-13-21-11(16(17,18)19)9-22(13)8-10/h5-6,8-9H,2-4,7H2,1H3,(H,20,24)/t15-/m1/s1. The number of likely N-dealkylation sites (N-methyl/N-ethyl adjacent to an activating group) is 1. The molecule has 1 fully saturated rings. The third-order valence-electron chi connectivity index (χ3n) is 4.53. The van der Waals surface area contributed by atoms with Gasteiger partial charge in [-0.15, -0.1) is 0 Å². The number of nitrogens with one attached hydrogen (secondary N) is 1. The van der Waals surface area contributed by atoms with E-state index >= 15 is 0 Å². The van der Waals surface area contributed by atoms with Crippen molar-refractivity contribution >= 4 is 28.6 Å². The average Bonchev–Trinajstić information content (AvgIpc) is 2.98. The van der Waals surface area contributed by atoms with Gasteiger partial charge in [-0.25, -0.2) is 4.98 Å². The number of carbonyl (C=O) groups is 1. The van der Waals surface area contributed by atoms with Crippen LogP contribution in [-0.4, -0.2) is 27.2 Å². The molecule has 1 N–H and O–H groups in total. The molecule has 0 aromatic carbocycles. The number of alkyl halides is 3. The van der Waals surface area contributed by atoms with Crippen LogP contribution in [0.3, 0.4) is 0 Å². The fraction of sp³-hybridized carbons (Fsp3) is 0.438. The molecule has 24 heavy (non-hydrogen) atoms. The second-order valence-corrected chi connectivity index (χ2v) is 6.33. The molecular formula is C16H16F3N3OS. The van der Waals surface area contributed by atoms with Crippen LogP contribution in [-0.2, 0) is 16.4 Å². The van der Waals surface area contributed by atoms with Crippen molar-refractivity contribution in [3.8, 4) is 0 Å². The van der Waals surface area contributed by atoms with Crippen molar-refractivity contribution in [3.05, 3.63) is 35.8 Å². The third kappa shape index (κ3) is 2.58. The number of carbonyl (C=O) groups excluding carboxylic acids is 1. The number of rotatable bonds is 2. The summed E-state index contributed by atoms with van der Waals surface area (Å²) in [6.45, 7) is 0. The molecule has 0 unspecified atom stereocenters. The number of pyridine rings is 1. The first-order chi connectivity index (χ1) is 11.3. The zero-order valence-electron chi connectivity index (χ0n) is 13.0. The van der Waals surface area contributed by atoms with E-state index in [1.165, 1.54) is 16.7 Å². The largest absolute Gasteiger partial charge is 0.434 e. The minimum atomic E-state index is -4.51. The van der Waals surface area contributed by atoms with Gasteiger partial charge < -0.3 is 9.72 Å². The molecule has 128 valence electrons. The predicted molar refractivity (Wildman–Crippen MR) is 87.0 cm³/mol. The van der Waals surface area contributed by atoms with Crippen molar-refractivity contribution < 1.29 is 18.0 Å². The number of hydrogen-bond donors (Lipinski definition) is 1. The SMILES string of the molecule is CNC(=S)[C@@]1(c2ccc3nc(C(F)(F)F)cn3c2)CCCCC1=O. The van der Waals surface area contributed by atoms with Crippen LogP contribution in [0, 0.1) is 0 Å². The Labute approximate surface area is 142 Å². The molecular weight excluding hydrogens is 339 g/mol. The lowest BCUT2D eigenvalue weighted by Gasteiger charge is -2.36. The molecule has 1 aliphatic carbocycles. The van der Waals surface area contributed by atoms with Crippen molar-refractivity contribution in [2.24, 2.45) is 0 Å². The first-order valence-corrected chi connectivity index (χ1v) is 8.02. The van der Waals surface area contributed by atoms with Gasteiger partial charge in [0.2, 0.25) is 0 Å². The number of ketones is 1. The lowest BCUT2D eigenvalue weighted by Crippen LogP contribution is -2.49. The summed E-state index contributed by atoms with van der Waals surface area (Å²) < 4.78 is 39.8. The number of imidazole rings is 1. The van der Waals surface area contributed by atoms with E-state index in [0.717, 1.165) is 19.0 Å². The van der Waals surface area contributed by atoms with Crippen molar-refractivity contribution in [1.82, 2.24) is 14.7 Å². The predicted octanol–water partition coefficient (Wildman–Crippen LogP) is 3.28. The van der Waals surface area contributed by atoms with Gasteiger partial charge in [-0.1, -0.05) is 24.7 Å². The molecule has 0 amide bonds. The van der Waals surface area contributed by atoms with E-state index in [0.29, 0.717) is 23.4 Å². The molecule has 0 aliphatic heterocycles. The highest BCUT2D eigenvalue weighted by Gasteiger charge is 2.45. The molecule has 0 saturated heterocycles. The summed E-state index contributed by atoms with van der Waals surface area (Å²) in [5.74, 6) is 0.00334. The molecule has 3 rings (SSSR count). The minimum Gasteiger partial charge on any atom is -0.382 e. The van der Waals surface area contributed by atoms with Crippen LogP contribution in [0.4, 0.5) is 13.2 Å². The van der Waals surface area contributed by atoms with Gasteiger partial charge in [0.1, 0.15) is 16.8 Å². The highest BCUT2D eigenvalue weighted by atomic mass is 32.1. The highest BCUT2D eigenvalue weighted by Crippen LogP contribution is 2.38. The van der Waals surface area contributed by atoms with Crippen LogP contribution >= 0.6 is 12.2 Å². The van der Waals surface area contributed by atoms with Crippen LogP contribution in [0.15, 0.2) is 24.5 Å². The average molecular weight is 355 g/mol. The Balaban J connectivity index is 2.15. The molecule has 2 aromatic heterocycles. The molecule has 2 heterocycles. The molecule has 1 aliphatic rings. The first kappa shape index (κ1) is 16.9. The minimum absolute atomic E-state index is 0.00334. The second kappa shape index (κ2) is 5.84. The van der Waals surface area contributed by atoms with E-state index in [4.69, 9.17) is 12.2 Å². The van der Waals surface area contributed by atoms with E-state index in [1.54, 1.807) is 13.1 Å². The molecule has 1 atom stereocenters. The number of nitrogens with zero attached hydrogens (tertiary/aromatic N) is 2. The van der Waals surface area contributed by atoms with Crippen molar-refractivity contribution in [3.63, 3.8) is 0 Å². The van der Waals surface area contributed by atoms with Crippen LogP contribution in [0.2, 0.25) is 0 Å². The summed E-state index contributed by atoms with van der Waals surface area (Å²) in [5, 5.41) is 2.89. The number of fused-ring (bicyclic) bond motifs is 1. The van der Waals surface area contributed by atoms with Crippen LogP contribution in [0.5, 0.6) is 0 Å². The van der Waals surface area contributed by atoms with E-state index in [9.17, 15) is 18.0 Å². The Kier molecular flexibility index (Phi) is 4.11. The van der Waals surface area contributed by atoms with E-state index in [2.05, 4.69) is 10.3 Å². The van der Waals surface area contributed by atoms with Gasteiger partial charge in [-0.2, -0.15) is 13.2 Å². The van der Waals surface area contributed by atoms with Gasteiger partial charge in [0, 0.05) is 25.9 Å². The van der Waals surface area contributed by atoms with Crippen LogP contribution in [0.1, 0.15) is 36.9 Å². The maximum Gasteiger partial charge on any atom is 0.434 e. The maximum atomic E-state index is 12.8. The van der Waals surface area contributed by atoms with Gasteiger partial charge in [0.15, 0.2) is 5.69 Å². The summed E-state index contributed by atoms with van der Waals surface area (Å²) >= 11 is 5.40. The van der Waals surface area contributed by atoms with Crippen LogP contribution in [0.25, 0.3) is 5.65 Å². The number of thiocarbonyl (C=S) groups is 1. The summed E-state index contributed by atoms with van der Waals surface area (Å²) in [6.07, 6.45) is 0.564. The summed E-state index contributed by atoms with van der Waals surface area (Å²) in [6, 6.07) is 3.14. The smallest absolute Gasteiger partial charge is 0.382 e. The van der Waals surface area contributed by atoms with E-state index < -0.39 is 17.3 Å². The topological polar surface area (TPSA) is 46.4 Å². The van der Waals surface area contributed by atoms with E-state index in [1.807, 2.05) is 0 Å². The molecule has 4 nitrogen and oxygen atoms in total. The molecule has 8 heteroatoms. The molecule has 0 radical (unpaired) electrons. The van der Waals surface area contributed by atoms with Crippen molar-refractivity contribution in [1.29, 1.82) is 0 Å². The van der Waals surface area contributed by atoms with Gasteiger partial charge >= 0.3 is 6.18 Å². The number of hydrogen-bond acceptors (Lipinski definition) is 3. The van der Waals surface area contributed by atoms with Crippen molar-refractivity contribution in [2.75, 3.05) is 7.05 Å². The molecule has 1 saturated carbocycles. The van der Waals surface area contributed by atoms with Gasteiger partial charge in [-0.3, -0.25) is 4.79 Å². The van der Waals surface area contributed by atoms with E-state index in [-0.39, 0.29) is 11.4 Å². The second-order valence-electron chi connectivity index (χ2n) is 5.92. The molecule has 0 bridgehead atoms.